The first-order chi connectivity index (χ1) is 14.1. The van der Waals surface area contributed by atoms with Gasteiger partial charge in [0.25, 0.3) is 0 Å². The summed E-state index contributed by atoms with van der Waals surface area (Å²) in [4.78, 5) is 12.7. The molecule has 0 spiro atoms. The van der Waals surface area contributed by atoms with E-state index in [1.165, 1.54) is 41.5 Å². The summed E-state index contributed by atoms with van der Waals surface area (Å²) in [5.74, 6) is 1.91. The van der Waals surface area contributed by atoms with Crippen molar-refractivity contribution in [1.29, 1.82) is 0 Å². The maximum atomic E-state index is 12.7. The number of carbonyl (C=O) groups excluding carboxylic acids is 1. The summed E-state index contributed by atoms with van der Waals surface area (Å²) < 4.78 is 5.79. The quantitative estimate of drug-likeness (QED) is 0.817. The Kier molecular flexibility index (Phi) is 3.83. The third-order valence-electron chi connectivity index (χ3n) is 7.95. The SMILES string of the molecule is NC12CC3C[C@H](C1)C(NC(=O)OCC1c4ccccc4-c4ccccc41)[C@@H](C3)C2. The standard InChI is InChI=1S/C25H28N2O2/c26-25-11-15-9-16(12-25)23(17(10-15)13-25)27-24(28)29-14-22-20-7-3-1-5-18(20)19-6-2-4-8-21(19)22/h1-8,15-17,22-23H,9-14,26H2,(H,27,28)/t15?,16-,17+,23?,25?. The molecule has 5 aliphatic carbocycles. The zero-order valence-electron chi connectivity index (χ0n) is 16.6. The van der Waals surface area contributed by atoms with Gasteiger partial charge in [-0.05, 0) is 72.1 Å². The number of carbonyl (C=O) groups is 1. The van der Waals surface area contributed by atoms with Gasteiger partial charge in [-0.15, -0.1) is 0 Å². The van der Waals surface area contributed by atoms with Crippen LogP contribution in [-0.2, 0) is 4.74 Å². The molecule has 0 radical (unpaired) electrons. The van der Waals surface area contributed by atoms with Crippen LogP contribution < -0.4 is 11.1 Å². The number of amides is 1. The van der Waals surface area contributed by atoms with Crippen molar-refractivity contribution in [3.8, 4) is 11.1 Å². The van der Waals surface area contributed by atoms with E-state index in [-0.39, 0.29) is 23.6 Å². The van der Waals surface area contributed by atoms with Crippen LogP contribution in [0.5, 0.6) is 0 Å². The Balaban J connectivity index is 1.15. The van der Waals surface area contributed by atoms with E-state index < -0.39 is 0 Å². The number of benzene rings is 2. The summed E-state index contributed by atoms with van der Waals surface area (Å²) >= 11 is 0. The summed E-state index contributed by atoms with van der Waals surface area (Å²) in [6.07, 6.45) is 5.43. The van der Waals surface area contributed by atoms with Crippen LogP contribution in [0.15, 0.2) is 48.5 Å². The molecule has 7 rings (SSSR count). The van der Waals surface area contributed by atoms with Crippen molar-refractivity contribution in [2.24, 2.45) is 23.5 Å². The van der Waals surface area contributed by atoms with Gasteiger partial charge in [0.1, 0.15) is 6.61 Å². The van der Waals surface area contributed by atoms with Crippen molar-refractivity contribution in [2.45, 2.75) is 49.6 Å². The van der Waals surface area contributed by atoms with E-state index in [9.17, 15) is 4.79 Å². The highest BCUT2D eigenvalue weighted by Crippen LogP contribution is 2.54. The molecule has 150 valence electrons. The molecule has 0 aliphatic heterocycles. The number of nitrogens with one attached hydrogen (secondary N) is 1. The van der Waals surface area contributed by atoms with Crippen molar-refractivity contribution in [2.75, 3.05) is 6.61 Å². The Morgan fingerprint density at radius 2 is 1.55 bits per heavy atom. The summed E-state index contributed by atoms with van der Waals surface area (Å²) in [5, 5.41) is 3.23. The van der Waals surface area contributed by atoms with E-state index in [0.717, 1.165) is 18.8 Å². The first kappa shape index (κ1) is 17.5. The second-order valence-electron chi connectivity index (χ2n) is 9.83. The Bertz CT molecular complexity index is 909. The lowest BCUT2D eigenvalue weighted by Crippen LogP contribution is -2.64. The van der Waals surface area contributed by atoms with Gasteiger partial charge in [0, 0.05) is 17.5 Å². The van der Waals surface area contributed by atoms with Crippen LogP contribution >= 0.6 is 0 Å². The number of nitrogens with two attached hydrogens (primary N) is 1. The Morgan fingerprint density at radius 3 is 2.14 bits per heavy atom. The van der Waals surface area contributed by atoms with Gasteiger partial charge >= 0.3 is 6.09 Å². The molecule has 5 aliphatic rings. The van der Waals surface area contributed by atoms with Gasteiger partial charge < -0.3 is 15.8 Å². The van der Waals surface area contributed by atoms with E-state index >= 15 is 0 Å². The summed E-state index contributed by atoms with van der Waals surface area (Å²) in [6, 6.07) is 17.1. The molecule has 29 heavy (non-hydrogen) atoms. The van der Waals surface area contributed by atoms with E-state index in [4.69, 9.17) is 10.5 Å². The van der Waals surface area contributed by atoms with Gasteiger partial charge in [0.05, 0.1) is 0 Å². The lowest BCUT2D eigenvalue weighted by atomic mass is 9.51. The van der Waals surface area contributed by atoms with Gasteiger partial charge in [-0.3, -0.25) is 0 Å². The number of rotatable bonds is 3. The molecule has 4 fully saturated rings. The maximum Gasteiger partial charge on any atom is 0.407 e. The molecule has 4 nitrogen and oxygen atoms in total. The predicted molar refractivity (Wildman–Crippen MR) is 112 cm³/mol. The van der Waals surface area contributed by atoms with Gasteiger partial charge in [-0.25, -0.2) is 4.79 Å². The van der Waals surface area contributed by atoms with Gasteiger partial charge in [0.2, 0.25) is 0 Å². The normalized spacial score (nSPS) is 34.0. The minimum absolute atomic E-state index is 0.0237. The van der Waals surface area contributed by atoms with Gasteiger partial charge in [-0.2, -0.15) is 0 Å². The van der Waals surface area contributed by atoms with Crippen molar-refractivity contribution >= 4 is 6.09 Å². The Hall–Kier alpha value is -2.33. The zero-order chi connectivity index (χ0) is 19.6. The van der Waals surface area contributed by atoms with Crippen molar-refractivity contribution in [1.82, 2.24) is 5.32 Å². The van der Waals surface area contributed by atoms with E-state index in [2.05, 4.69) is 53.8 Å². The number of fused-ring (bicyclic) bond motifs is 3. The molecular formula is C25H28N2O2. The van der Waals surface area contributed by atoms with Crippen LogP contribution in [0, 0.1) is 17.8 Å². The molecule has 4 heteroatoms. The van der Waals surface area contributed by atoms with Crippen molar-refractivity contribution < 1.29 is 9.53 Å². The minimum atomic E-state index is -0.268. The van der Waals surface area contributed by atoms with Crippen LogP contribution in [-0.4, -0.2) is 24.3 Å². The third kappa shape index (κ3) is 2.80. The lowest BCUT2D eigenvalue weighted by molar-refractivity contribution is -0.0294. The fraction of sp³-hybridized carbons (Fsp3) is 0.480. The fourth-order valence-corrected chi connectivity index (χ4v) is 7.10. The van der Waals surface area contributed by atoms with Crippen LogP contribution in [0.3, 0.4) is 0 Å². The number of ether oxygens (including phenoxy) is 1. The van der Waals surface area contributed by atoms with Crippen molar-refractivity contribution in [3.05, 3.63) is 59.7 Å². The second-order valence-corrected chi connectivity index (χ2v) is 9.83. The molecule has 1 amide bonds. The average molecular weight is 389 g/mol. The van der Waals surface area contributed by atoms with Crippen molar-refractivity contribution in [3.63, 3.8) is 0 Å². The van der Waals surface area contributed by atoms with E-state index in [1.54, 1.807) is 0 Å². The maximum absolute atomic E-state index is 12.7. The smallest absolute Gasteiger partial charge is 0.407 e. The molecular weight excluding hydrogens is 360 g/mol. The van der Waals surface area contributed by atoms with Crippen LogP contribution in [0.25, 0.3) is 11.1 Å². The van der Waals surface area contributed by atoms with Gasteiger partial charge in [0.15, 0.2) is 0 Å². The van der Waals surface area contributed by atoms with Crippen LogP contribution in [0.2, 0.25) is 0 Å². The highest BCUT2D eigenvalue weighted by Gasteiger charge is 2.54. The Morgan fingerprint density at radius 1 is 0.966 bits per heavy atom. The highest BCUT2D eigenvalue weighted by atomic mass is 16.5. The average Bonchev–Trinajstić information content (AvgIpc) is 3.02. The molecule has 2 aromatic rings. The minimum Gasteiger partial charge on any atom is -0.449 e. The number of hydrogen-bond acceptors (Lipinski definition) is 3. The summed E-state index contributed by atoms with van der Waals surface area (Å²) in [7, 11) is 0. The van der Waals surface area contributed by atoms with Gasteiger partial charge in [-0.1, -0.05) is 48.5 Å². The first-order valence-corrected chi connectivity index (χ1v) is 11.0. The topological polar surface area (TPSA) is 64.3 Å². The second kappa shape index (κ2) is 6.33. The zero-order valence-corrected chi connectivity index (χ0v) is 16.6. The largest absolute Gasteiger partial charge is 0.449 e. The van der Waals surface area contributed by atoms with Crippen LogP contribution in [0.4, 0.5) is 4.79 Å². The predicted octanol–water partition coefficient (Wildman–Crippen LogP) is 4.43. The van der Waals surface area contributed by atoms with Crippen LogP contribution in [0.1, 0.15) is 49.1 Å². The highest BCUT2D eigenvalue weighted by molar-refractivity contribution is 5.79. The molecule has 0 aromatic heterocycles. The Labute approximate surface area is 171 Å². The monoisotopic (exact) mass is 388 g/mol. The molecule has 0 heterocycles. The molecule has 0 saturated heterocycles. The first-order valence-electron chi connectivity index (χ1n) is 11.0. The van der Waals surface area contributed by atoms with E-state index in [1.807, 2.05) is 0 Å². The fourth-order valence-electron chi connectivity index (χ4n) is 7.10. The number of alkyl carbamates (subject to hydrolysis) is 1. The number of hydrogen-bond donors (Lipinski definition) is 2. The molecule has 2 aromatic carbocycles. The lowest BCUT2D eigenvalue weighted by Gasteiger charge is -2.58. The molecule has 4 bridgehead atoms. The summed E-state index contributed by atoms with van der Waals surface area (Å²) in [5.41, 5.74) is 11.6. The molecule has 3 N–H and O–H groups in total. The molecule has 5 atom stereocenters. The molecule has 4 saturated carbocycles. The summed E-state index contributed by atoms with van der Waals surface area (Å²) in [6.45, 7) is 0.380. The van der Waals surface area contributed by atoms with E-state index in [0.29, 0.717) is 18.4 Å². The third-order valence-corrected chi connectivity index (χ3v) is 7.95. The molecule has 3 unspecified atom stereocenters.